The van der Waals surface area contributed by atoms with Gasteiger partial charge in [0.05, 0.1) is 22.3 Å². The average Bonchev–Trinajstić information content (AvgIpc) is 3.08. The van der Waals surface area contributed by atoms with Crippen molar-refractivity contribution in [1.82, 2.24) is 24.7 Å². The lowest BCUT2D eigenvalue weighted by Crippen LogP contribution is -2.54. The minimum absolute atomic E-state index is 0.242. The van der Waals surface area contributed by atoms with Crippen LogP contribution in [0.3, 0.4) is 0 Å². The van der Waals surface area contributed by atoms with Crippen molar-refractivity contribution in [2.75, 3.05) is 23.3 Å². The molecule has 9 heteroatoms. The first kappa shape index (κ1) is 19.6. The quantitative estimate of drug-likeness (QED) is 0.523. The van der Waals surface area contributed by atoms with Crippen LogP contribution in [0.5, 0.6) is 0 Å². The smallest absolute Gasteiger partial charge is 0.173 e. The molecule has 2 atom stereocenters. The number of hydrogen-bond acceptors (Lipinski definition) is 6. The molecule has 0 amide bonds. The lowest BCUT2D eigenvalue weighted by atomic mass is 10.1. The van der Waals surface area contributed by atoms with Gasteiger partial charge in [-0.25, -0.2) is 23.7 Å². The third-order valence-electron chi connectivity index (χ3n) is 5.49. The summed E-state index contributed by atoms with van der Waals surface area (Å²) in [6, 6.07) is 5.33. The van der Waals surface area contributed by atoms with Gasteiger partial charge in [0.15, 0.2) is 11.5 Å². The molecule has 7 nitrogen and oxygen atoms in total. The van der Waals surface area contributed by atoms with Crippen molar-refractivity contribution in [3.63, 3.8) is 0 Å². The van der Waals surface area contributed by atoms with Gasteiger partial charge in [-0.1, -0.05) is 0 Å². The van der Waals surface area contributed by atoms with E-state index in [1.807, 2.05) is 6.07 Å². The molecule has 31 heavy (non-hydrogen) atoms. The van der Waals surface area contributed by atoms with Gasteiger partial charge in [-0.05, 0) is 32.9 Å². The van der Waals surface area contributed by atoms with E-state index < -0.39 is 11.6 Å². The van der Waals surface area contributed by atoms with Gasteiger partial charge in [-0.2, -0.15) is 0 Å². The number of hydrogen-bond donors (Lipinski definition) is 2. The Balaban J connectivity index is 1.53. The fraction of sp³-hybridized carbons (Fsp3) is 0.318. The summed E-state index contributed by atoms with van der Waals surface area (Å²) < 4.78 is 31.3. The second-order valence-corrected chi connectivity index (χ2v) is 8.23. The Morgan fingerprint density at radius 2 is 1.81 bits per heavy atom. The first-order valence-electron chi connectivity index (χ1n) is 10.2. The summed E-state index contributed by atoms with van der Waals surface area (Å²) in [5, 5.41) is 6.79. The minimum atomic E-state index is -0.471. The van der Waals surface area contributed by atoms with Crippen LogP contribution in [-0.4, -0.2) is 44.5 Å². The van der Waals surface area contributed by atoms with E-state index in [2.05, 4.69) is 44.3 Å². The summed E-state index contributed by atoms with van der Waals surface area (Å²) >= 11 is 0. The highest BCUT2D eigenvalue weighted by atomic mass is 19.1. The third-order valence-corrected chi connectivity index (χ3v) is 5.49. The average molecular weight is 423 g/mol. The van der Waals surface area contributed by atoms with E-state index in [1.54, 1.807) is 23.7 Å². The molecule has 0 spiro atoms. The SMILES string of the molecule is Cc1cn2cc(Nc3ncnc4cc(N5C[C@@H](C)N[C@@H](C)C5)cc(F)c34)cc(F)c2n1. The van der Waals surface area contributed by atoms with Crippen molar-refractivity contribution in [3.8, 4) is 0 Å². The van der Waals surface area contributed by atoms with Gasteiger partial charge in [0, 0.05) is 49.3 Å². The number of halogens is 2. The second-order valence-electron chi connectivity index (χ2n) is 8.23. The van der Waals surface area contributed by atoms with Gasteiger partial charge >= 0.3 is 0 Å². The van der Waals surface area contributed by atoms with Crippen molar-refractivity contribution in [2.45, 2.75) is 32.9 Å². The van der Waals surface area contributed by atoms with Crippen LogP contribution in [0.4, 0.5) is 26.0 Å². The molecule has 4 heterocycles. The summed E-state index contributed by atoms with van der Waals surface area (Å²) in [6.45, 7) is 7.60. The molecule has 1 aromatic carbocycles. The Kier molecular flexibility index (Phi) is 4.70. The second kappa shape index (κ2) is 7.42. The van der Waals surface area contributed by atoms with E-state index in [9.17, 15) is 4.39 Å². The zero-order valence-electron chi connectivity index (χ0n) is 17.5. The van der Waals surface area contributed by atoms with Crippen molar-refractivity contribution in [1.29, 1.82) is 0 Å². The van der Waals surface area contributed by atoms with Crippen molar-refractivity contribution in [3.05, 3.63) is 54.2 Å². The number of anilines is 3. The van der Waals surface area contributed by atoms with Gasteiger partial charge in [0.25, 0.3) is 0 Å². The molecule has 0 saturated carbocycles. The van der Waals surface area contributed by atoms with E-state index in [0.717, 1.165) is 18.8 Å². The van der Waals surface area contributed by atoms with Crippen LogP contribution >= 0.6 is 0 Å². The molecule has 2 N–H and O–H groups in total. The molecular formula is C22H23F2N7. The van der Waals surface area contributed by atoms with E-state index in [4.69, 9.17) is 0 Å². The van der Waals surface area contributed by atoms with Crippen molar-refractivity contribution >= 4 is 33.7 Å². The molecule has 160 valence electrons. The first-order chi connectivity index (χ1) is 14.9. The van der Waals surface area contributed by atoms with E-state index in [1.165, 1.54) is 18.5 Å². The summed E-state index contributed by atoms with van der Waals surface area (Å²) in [7, 11) is 0. The van der Waals surface area contributed by atoms with Gasteiger partial charge in [-0.3, -0.25) is 0 Å². The minimum Gasteiger partial charge on any atom is -0.368 e. The van der Waals surface area contributed by atoms with Crippen LogP contribution in [0.15, 0.2) is 36.9 Å². The molecular weight excluding hydrogens is 400 g/mol. The number of nitrogens with one attached hydrogen (secondary N) is 2. The van der Waals surface area contributed by atoms with E-state index >= 15 is 4.39 Å². The number of fused-ring (bicyclic) bond motifs is 2. The maximum atomic E-state index is 15.2. The van der Waals surface area contributed by atoms with Crippen LogP contribution in [-0.2, 0) is 0 Å². The van der Waals surface area contributed by atoms with E-state index in [0.29, 0.717) is 29.0 Å². The summed E-state index contributed by atoms with van der Waals surface area (Å²) in [6.07, 6.45) is 4.80. The fourth-order valence-electron chi connectivity index (χ4n) is 4.33. The van der Waals surface area contributed by atoms with Crippen LogP contribution in [0.2, 0.25) is 0 Å². The van der Waals surface area contributed by atoms with Gasteiger partial charge in [0.1, 0.15) is 18.0 Å². The summed E-state index contributed by atoms with van der Waals surface area (Å²) in [4.78, 5) is 14.8. The molecule has 4 aromatic rings. The number of aromatic nitrogens is 4. The van der Waals surface area contributed by atoms with Crippen LogP contribution in [0, 0.1) is 18.6 Å². The standard InChI is InChI=1S/C22H23F2N7/c1-12-7-30(8-13(2)27-12)16-5-17(23)20-19(6-16)25-11-26-21(20)29-15-4-18(24)22-28-14(3)9-31(22)10-15/h4-6,9-13,27H,7-8H2,1-3H3,(H,25,26,29)/t12-,13+. The maximum Gasteiger partial charge on any atom is 0.173 e. The normalized spacial score (nSPS) is 19.3. The number of nitrogens with zero attached hydrogens (tertiary/aromatic N) is 5. The molecule has 0 radical (unpaired) electrons. The van der Waals surface area contributed by atoms with Gasteiger partial charge in [-0.15, -0.1) is 0 Å². The predicted molar refractivity (Wildman–Crippen MR) is 117 cm³/mol. The zero-order valence-corrected chi connectivity index (χ0v) is 17.5. The van der Waals surface area contributed by atoms with Crippen LogP contribution < -0.4 is 15.5 Å². The van der Waals surface area contributed by atoms with E-state index in [-0.39, 0.29) is 16.9 Å². The Hall–Kier alpha value is -3.33. The molecule has 0 aliphatic carbocycles. The number of benzene rings is 1. The highest BCUT2D eigenvalue weighted by Crippen LogP contribution is 2.31. The number of imidazole rings is 1. The molecule has 5 rings (SSSR count). The predicted octanol–water partition coefficient (Wildman–Crippen LogP) is 3.79. The Labute approximate surface area is 178 Å². The third kappa shape index (κ3) is 3.65. The first-order valence-corrected chi connectivity index (χ1v) is 10.2. The number of rotatable bonds is 3. The molecule has 1 aliphatic rings. The van der Waals surface area contributed by atoms with Gasteiger partial charge < -0.3 is 19.9 Å². The monoisotopic (exact) mass is 423 g/mol. The molecule has 3 aromatic heterocycles. The Morgan fingerprint density at radius 1 is 1.03 bits per heavy atom. The lowest BCUT2D eigenvalue weighted by molar-refractivity contribution is 0.407. The zero-order chi connectivity index (χ0) is 21.7. The summed E-state index contributed by atoms with van der Waals surface area (Å²) in [5.74, 6) is -0.609. The van der Waals surface area contributed by atoms with Crippen molar-refractivity contribution < 1.29 is 8.78 Å². The highest BCUT2D eigenvalue weighted by molar-refractivity contribution is 5.93. The Bertz CT molecular complexity index is 1280. The Morgan fingerprint density at radius 3 is 2.58 bits per heavy atom. The molecule has 1 fully saturated rings. The molecule has 0 unspecified atom stereocenters. The van der Waals surface area contributed by atoms with Crippen molar-refractivity contribution in [2.24, 2.45) is 0 Å². The highest BCUT2D eigenvalue weighted by Gasteiger charge is 2.23. The number of aryl methyl sites for hydroxylation is 1. The topological polar surface area (TPSA) is 70.4 Å². The van der Waals surface area contributed by atoms with Gasteiger partial charge in [0.2, 0.25) is 0 Å². The van der Waals surface area contributed by atoms with Crippen LogP contribution in [0.25, 0.3) is 16.6 Å². The largest absolute Gasteiger partial charge is 0.368 e. The number of piperazine rings is 1. The number of pyridine rings is 1. The fourth-order valence-corrected chi connectivity index (χ4v) is 4.33. The van der Waals surface area contributed by atoms with Crippen LogP contribution in [0.1, 0.15) is 19.5 Å². The molecule has 1 aliphatic heterocycles. The molecule has 0 bridgehead atoms. The molecule has 1 saturated heterocycles. The summed E-state index contributed by atoms with van der Waals surface area (Å²) in [5.41, 5.74) is 2.67. The lowest BCUT2D eigenvalue weighted by Gasteiger charge is -2.37. The maximum absolute atomic E-state index is 15.2.